The Morgan fingerprint density at radius 3 is 2.62 bits per heavy atom. The maximum Gasteiger partial charge on any atom is 0.303 e. The first-order valence-electron chi connectivity index (χ1n) is 6.51. The molecule has 0 atom stereocenters. The molecule has 0 bridgehead atoms. The van der Waals surface area contributed by atoms with E-state index in [2.05, 4.69) is 5.32 Å². The summed E-state index contributed by atoms with van der Waals surface area (Å²) in [6, 6.07) is 7.20. The van der Waals surface area contributed by atoms with Crippen molar-refractivity contribution >= 4 is 18.0 Å². The van der Waals surface area contributed by atoms with Crippen LogP contribution in [0.3, 0.4) is 0 Å². The molecule has 0 aliphatic heterocycles. The minimum atomic E-state index is -0.865. The van der Waals surface area contributed by atoms with Gasteiger partial charge in [0, 0.05) is 26.2 Å². The molecule has 0 fully saturated rings. The Kier molecular flexibility index (Phi) is 7.60. The molecular weight excluding hydrogens is 274 g/mol. The second kappa shape index (κ2) is 9.55. The molecule has 0 saturated carbocycles. The quantitative estimate of drug-likeness (QED) is 0.411. The van der Waals surface area contributed by atoms with Crippen molar-refractivity contribution in [3.05, 3.63) is 35.9 Å². The molecule has 2 N–H and O–H groups in total. The van der Waals surface area contributed by atoms with E-state index in [1.54, 1.807) is 25.3 Å². The number of carbonyl (C=O) groups is 2. The molecule has 0 aromatic heterocycles. The minimum Gasteiger partial charge on any atom is -0.481 e. The molecule has 0 unspecified atom stereocenters. The third kappa shape index (κ3) is 7.74. The van der Waals surface area contributed by atoms with Gasteiger partial charge in [0.25, 0.3) is 0 Å². The summed E-state index contributed by atoms with van der Waals surface area (Å²) in [4.78, 5) is 21.8. The summed E-state index contributed by atoms with van der Waals surface area (Å²) in [6.07, 6.45) is 3.55. The zero-order chi connectivity index (χ0) is 15.5. The van der Waals surface area contributed by atoms with Crippen LogP contribution in [0.2, 0.25) is 0 Å². The molecule has 0 saturated heterocycles. The molecule has 0 spiro atoms. The molecule has 6 heteroatoms. The second-order valence-corrected chi connectivity index (χ2v) is 4.24. The number of carbonyl (C=O) groups excluding carboxylic acids is 1. The van der Waals surface area contributed by atoms with Gasteiger partial charge in [0.2, 0.25) is 5.91 Å². The van der Waals surface area contributed by atoms with E-state index in [-0.39, 0.29) is 19.1 Å². The van der Waals surface area contributed by atoms with Crippen molar-refractivity contribution in [3.8, 4) is 5.75 Å². The molecule has 21 heavy (non-hydrogen) atoms. The smallest absolute Gasteiger partial charge is 0.303 e. The summed E-state index contributed by atoms with van der Waals surface area (Å²) in [6.45, 7) is 0.535. The third-order valence-corrected chi connectivity index (χ3v) is 2.52. The number of hydrogen-bond donors (Lipinski definition) is 2. The van der Waals surface area contributed by atoms with Crippen LogP contribution < -0.4 is 10.1 Å². The topological polar surface area (TPSA) is 84.9 Å². The average molecular weight is 293 g/mol. The standard InChI is InChI=1S/C15H19NO5/c1-20-11-21-13-7-4-12(5-8-13)6-9-14(17)16-10-2-3-15(18)19/h4-9H,2-3,10-11H2,1H3,(H,16,17)(H,18,19)/b9-6+. The summed E-state index contributed by atoms with van der Waals surface area (Å²) < 4.78 is 10.0. The maximum atomic E-state index is 11.5. The number of ether oxygens (including phenoxy) is 2. The van der Waals surface area contributed by atoms with E-state index in [1.807, 2.05) is 12.1 Å². The highest BCUT2D eigenvalue weighted by atomic mass is 16.7. The van der Waals surface area contributed by atoms with Crippen LogP contribution in [-0.4, -0.2) is 37.4 Å². The van der Waals surface area contributed by atoms with E-state index in [1.165, 1.54) is 6.08 Å². The monoisotopic (exact) mass is 293 g/mol. The summed E-state index contributed by atoms with van der Waals surface area (Å²) >= 11 is 0. The molecule has 0 aliphatic rings. The Hall–Kier alpha value is -2.34. The van der Waals surface area contributed by atoms with E-state index >= 15 is 0 Å². The Morgan fingerprint density at radius 1 is 1.29 bits per heavy atom. The highest BCUT2D eigenvalue weighted by Gasteiger charge is 1.98. The number of methoxy groups -OCH3 is 1. The maximum absolute atomic E-state index is 11.5. The number of carboxylic acids is 1. The Balaban J connectivity index is 2.34. The SMILES string of the molecule is COCOc1ccc(/C=C/C(=O)NCCCC(=O)O)cc1. The fraction of sp³-hybridized carbons (Fsp3) is 0.333. The van der Waals surface area contributed by atoms with Gasteiger partial charge in [0.15, 0.2) is 6.79 Å². The van der Waals surface area contributed by atoms with Gasteiger partial charge in [-0.25, -0.2) is 0 Å². The Morgan fingerprint density at radius 2 is 2.00 bits per heavy atom. The molecule has 114 valence electrons. The average Bonchev–Trinajstić information content (AvgIpc) is 2.48. The summed E-state index contributed by atoms with van der Waals surface area (Å²) in [7, 11) is 1.55. The van der Waals surface area contributed by atoms with E-state index < -0.39 is 5.97 Å². The first-order valence-corrected chi connectivity index (χ1v) is 6.51. The highest BCUT2D eigenvalue weighted by Crippen LogP contribution is 2.13. The molecule has 6 nitrogen and oxygen atoms in total. The molecule has 1 aromatic rings. The number of hydrogen-bond acceptors (Lipinski definition) is 4. The van der Waals surface area contributed by atoms with Crippen LogP contribution in [0.5, 0.6) is 5.75 Å². The van der Waals surface area contributed by atoms with E-state index in [9.17, 15) is 9.59 Å². The van der Waals surface area contributed by atoms with Crippen LogP contribution in [0.15, 0.2) is 30.3 Å². The van der Waals surface area contributed by atoms with Crippen LogP contribution in [-0.2, 0) is 14.3 Å². The van der Waals surface area contributed by atoms with Gasteiger partial charge in [-0.05, 0) is 30.2 Å². The normalized spacial score (nSPS) is 10.5. The van der Waals surface area contributed by atoms with Crippen LogP contribution in [0.25, 0.3) is 6.08 Å². The van der Waals surface area contributed by atoms with E-state index in [0.29, 0.717) is 18.7 Å². The zero-order valence-electron chi connectivity index (χ0n) is 11.9. The predicted octanol–water partition coefficient (Wildman–Crippen LogP) is 1.66. The van der Waals surface area contributed by atoms with Crippen LogP contribution in [0.4, 0.5) is 0 Å². The van der Waals surface area contributed by atoms with Crippen molar-refractivity contribution in [2.45, 2.75) is 12.8 Å². The van der Waals surface area contributed by atoms with Crippen LogP contribution in [0, 0.1) is 0 Å². The minimum absolute atomic E-state index is 0.0485. The number of benzene rings is 1. The first-order chi connectivity index (χ1) is 10.1. The van der Waals surface area contributed by atoms with Crippen LogP contribution in [0.1, 0.15) is 18.4 Å². The highest BCUT2D eigenvalue weighted by molar-refractivity contribution is 5.91. The van der Waals surface area contributed by atoms with Crippen molar-refractivity contribution < 1.29 is 24.2 Å². The molecular formula is C15H19NO5. The Labute approximate surface area is 123 Å². The number of nitrogens with one attached hydrogen (secondary N) is 1. The molecule has 0 aliphatic carbocycles. The number of aliphatic carboxylic acids is 1. The van der Waals surface area contributed by atoms with Gasteiger partial charge in [-0.2, -0.15) is 0 Å². The zero-order valence-corrected chi connectivity index (χ0v) is 11.9. The third-order valence-electron chi connectivity index (χ3n) is 2.52. The number of rotatable bonds is 9. The van der Waals surface area contributed by atoms with Crippen LogP contribution >= 0.6 is 0 Å². The van der Waals surface area contributed by atoms with Crippen molar-refractivity contribution in [1.82, 2.24) is 5.32 Å². The fourth-order valence-electron chi connectivity index (χ4n) is 1.48. The number of carboxylic acid groups (broad SMARTS) is 1. The molecule has 1 aromatic carbocycles. The van der Waals surface area contributed by atoms with Gasteiger partial charge in [-0.15, -0.1) is 0 Å². The molecule has 0 radical (unpaired) electrons. The van der Waals surface area contributed by atoms with Gasteiger partial charge in [0.1, 0.15) is 5.75 Å². The molecule has 0 heterocycles. The van der Waals surface area contributed by atoms with Gasteiger partial charge in [0.05, 0.1) is 0 Å². The van der Waals surface area contributed by atoms with Gasteiger partial charge in [-0.1, -0.05) is 12.1 Å². The first kappa shape index (κ1) is 16.7. The van der Waals surface area contributed by atoms with Crippen molar-refractivity contribution in [2.75, 3.05) is 20.4 Å². The van der Waals surface area contributed by atoms with E-state index in [0.717, 1.165) is 5.56 Å². The largest absolute Gasteiger partial charge is 0.481 e. The Bertz CT molecular complexity index is 481. The van der Waals surface area contributed by atoms with Crippen molar-refractivity contribution in [2.24, 2.45) is 0 Å². The van der Waals surface area contributed by atoms with Crippen molar-refractivity contribution in [3.63, 3.8) is 0 Å². The van der Waals surface area contributed by atoms with E-state index in [4.69, 9.17) is 14.6 Å². The lowest BCUT2D eigenvalue weighted by molar-refractivity contribution is -0.137. The second-order valence-electron chi connectivity index (χ2n) is 4.24. The lowest BCUT2D eigenvalue weighted by atomic mass is 10.2. The predicted molar refractivity (Wildman–Crippen MR) is 77.9 cm³/mol. The summed E-state index contributed by atoms with van der Waals surface area (Å²) in [5, 5.41) is 11.1. The fourth-order valence-corrected chi connectivity index (χ4v) is 1.48. The van der Waals surface area contributed by atoms with Gasteiger partial charge < -0.3 is 19.9 Å². The van der Waals surface area contributed by atoms with Gasteiger partial charge >= 0.3 is 5.97 Å². The van der Waals surface area contributed by atoms with Gasteiger partial charge in [-0.3, -0.25) is 9.59 Å². The number of amides is 1. The molecule has 1 amide bonds. The van der Waals surface area contributed by atoms with Crippen molar-refractivity contribution in [1.29, 1.82) is 0 Å². The molecule has 1 rings (SSSR count). The summed E-state index contributed by atoms with van der Waals surface area (Å²) in [5.74, 6) is -0.428. The lowest BCUT2D eigenvalue weighted by Crippen LogP contribution is -2.22. The summed E-state index contributed by atoms with van der Waals surface area (Å²) in [5.41, 5.74) is 0.862. The lowest BCUT2D eigenvalue weighted by Gasteiger charge is -2.04.